The van der Waals surface area contributed by atoms with Crippen molar-refractivity contribution in [3.8, 4) is 6.07 Å². The molecule has 17 heavy (non-hydrogen) atoms. The summed E-state index contributed by atoms with van der Waals surface area (Å²) in [5.74, 6) is -1.14. The number of esters is 2. The van der Waals surface area contributed by atoms with Crippen molar-refractivity contribution in [2.45, 2.75) is 37.9 Å². The van der Waals surface area contributed by atoms with Crippen LogP contribution in [-0.4, -0.2) is 23.6 Å². The lowest BCUT2D eigenvalue weighted by Crippen LogP contribution is -2.45. The second-order valence-corrected chi connectivity index (χ2v) is 4.58. The molecule has 90 valence electrons. The zero-order chi connectivity index (χ0) is 12.6. The van der Waals surface area contributed by atoms with Crippen molar-refractivity contribution in [3.05, 3.63) is 12.2 Å². The Bertz CT molecular complexity index is 436. The van der Waals surface area contributed by atoms with Crippen LogP contribution in [0.1, 0.15) is 26.2 Å². The second-order valence-electron chi connectivity index (χ2n) is 4.58. The lowest BCUT2D eigenvalue weighted by atomic mass is 9.79. The lowest BCUT2D eigenvalue weighted by molar-refractivity contribution is -0.164. The Labute approximate surface area is 99.0 Å². The number of ether oxygens (including phenoxy) is 2. The average Bonchev–Trinajstić information content (AvgIpc) is 2.56. The number of nitriles is 1. The Morgan fingerprint density at radius 3 is 2.94 bits per heavy atom. The van der Waals surface area contributed by atoms with Gasteiger partial charge in [-0.3, -0.25) is 4.79 Å². The molecule has 1 aliphatic heterocycles. The maximum Gasteiger partial charge on any atom is 0.333 e. The molecule has 0 amide bonds. The number of rotatable bonds is 2. The van der Waals surface area contributed by atoms with E-state index < -0.39 is 17.7 Å². The van der Waals surface area contributed by atoms with Gasteiger partial charge in [0.05, 0.1) is 5.92 Å². The third-order valence-corrected chi connectivity index (χ3v) is 3.25. The van der Waals surface area contributed by atoms with E-state index >= 15 is 0 Å². The van der Waals surface area contributed by atoms with Gasteiger partial charge in [-0.15, -0.1) is 0 Å². The summed E-state index contributed by atoms with van der Waals surface area (Å²) in [6.45, 7) is 5.02. The molecule has 2 bridgehead atoms. The lowest BCUT2D eigenvalue weighted by Gasteiger charge is -2.31. The molecule has 1 heterocycles. The fraction of sp³-hybridized carbons (Fsp3) is 0.583. The van der Waals surface area contributed by atoms with Gasteiger partial charge in [-0.05, 0) is 19.8 Å². The smallest absolute Gasteiger partial charge is 0.333 e. The summed E-state index contributed by atoms with van der Waals surface area (Å²) in [5.41, 5.74) is -1.02. The van der Waals surface area contributed by atoms with E-state index in [1.165, 1.54) is 6.92 Å². The Balaban J connectivity index is 2.18. The summed E-state index contributed by atoms with van der Waals surface area (Å²) < 4.78 is 10.3. The molecule has 1 aliphatic carbocycles. The van der Waals surface area contributed by atoms with Gasteiger partial charge in [0, 0.05) is 12.0 Å². The predicted molar refractivity (Wildman–Crippen MR) is 56.5 cm³/mol. The van der Waals surface area contributed by atoms with Crippen molar-refractivity contribution in [1.29, 1.82) is 5.26 Å². The van der Waals surface area contributed by atoms with Gasteiger partial charge < -0.3 is 9.47 Å². The van der Waals surface area contributed by atoms with Crippen molar-refractivity contribution >= 4 is 11.9 Å². The van der Waals surface area contributed by atoms with Gasteiger partial charge in [-0.25, -0.2) is 4.79 Å². The minimum Gasteiger partial charge on any atom is -0.454 e. The van der Waals surface area contributed by atoms with Crippen molar-refractivity contribution < 1.29 is 19.1 Å². The van der Waals surface area contributed by atoms with E-state index in [4.69, 9.17) is 14.7 Å². The van der Waals surface area contributed by atoms with Gasteiger partial charge in [0.15, 0.2) is 6.10 Å². The first-order chi connectivity index (χ1) is 7.98. The molecule has 1 saturated heterocycles. The second kappa shape index (κ2) is 3.88. The highest BCUT2D eigenvalue weighted by Crippen LogP contribution is 2.43. The zero-order valence-corrected chi connectivity index (χ0v) is 9.56. The molecule has 0 N–H and O–H groups in total. The molecule has 2 rings (SSSR count). The summed E-state index contributed by atoms with van der Waals surface area (Å²) in [7, 11) is 0. The fourth-order valence-electron chi connectivity index (χ4n) is 2.28. The van der Waals surface area contributed by atoms with Crippen LogP contribution in [0, 0.1) is 17.2 Å². The molecule has 1 saturated carbocycles. The minimum atomic E-state index is -1.29. The van der Waals surface area contributed by atoms with Gasteiger partial charge >= 0.3 is 11.9 Å². The van der Waals surface area contributed by atoms with Crippen molar-refractivity contribution in [2.24, 2.45) is 5.92 Å². The molecular weight excluding hydrogens is 222 g/mol. The number of hydrogen-bond donors (Lipinski definition) is 0. The molecule has 0 aromatic rings. The van der Waals surface area contributed by atoms with Gasteiger partial charge in [0.25, 0.3) is 0 Å². The van der Waals surface area contributed by atoms with Crippen molar-refractivity contribution in [2.75, 3.05) is 0 Å². The molecule has 0 spiro atoms. The topological polar surface area (TPSA) is 76.4 Å². The zero-order valence-electron chi connectivity index (χ0n) is 9.56. The number of carbonyl (C=O) groups excluding carboxylic acids is 2. The Kier molecular flexibility index (Phi) is 2.66. The first-order valence-corrected chi connectivity index (χ1v) is 5.49. The van der Waals surface area contributed by atoms with E-state index in [2.05, 4.69) is 6.58 Å². The van der Waals surface area contributed by atoms with Crippen LogP contribution in [0.25, 0.3) is 0 Å². The van der Waals surface area contributed by atoms with E-state index in [0.717, 1.165) is 0 Å². The quantitative estimate of drug-likeness (QED) is 0.529. The molecular formula is C12H13NO4. The van der Waals surface area contributed by atoms with Crippen LogP contribution >= 0.6 is 0 Å². The van der Waals surface area contributed by atoms with Gasteiger partial charge in [-0.2, -0.15) is 5.26 Å². The molecule has 5 heteroatoms. The average molecular weight is 235 g/mol. The molecule has 0 aromatic heterocycles. The molecule has 2 fully saturated rings. The van der Waals surface area contributed by atoms with Crippen molar-refractivity contribution in [3.63, 3.8) is 0 Å². The van der Waals surface area contributed by atoms with Crippen LogP contribution in [0.4, 0.5) is 0 Å². The van der Waals surface area contributed by atoms with E-state index in [0.29, 0.717) is 19.3 Å². The first kappa shape index (κ1) is 11.6. The van der Waals surface area contributed by atoms with E-state index in [-0.39, 0.29) is 17.5 Å². The molecule has 2 aliphatic rings. The van der Waals surface area contributed by atoms with Gasteiger partial charge in [-0.1, -0.05) is 6.58 Å². The van der Waals surface area contributed by atoms with E-state index in [1.807, 2.05) is 6.07 Å². The molecule has 3 atom stereocenters. The number of hydrogen-bond acceptors (Lipinski definition) is 5. The van der Waals surface area contributed by atoms with Crippen LogP contribution in [0.5, 0.6) is 0 Å². The van der Waals surface area contributed by atoms with Crippen LogP contribution in [0.3, 0.4) is 0 Å². The third-order valence-electron chi connectivity index (χ3n) is 3.25. The predicted octanol–water partition coefficient (Wildman–Crippen LogP) is 1.09. The summed E-state index contributed by atoms with van der Waals surface area (Å²) >= 11 is 0. The maximum atomic E-state index is 11.5. The van der Waals surface area contributed by atoms with Crippen LogP contribution < -0.4 is 0 Å². The monoisotopic (exact) mass is 235 g/mol. The fourth-order valence-corrected chi connectivity index (χ4v) is 2.28. The molecule has 0 radical (unpaired) electrons. The Hall–Kier alpha value is -1.83. The van der Waals surface area contributed by atoms with Gasteiger partial charge in [0.2, 0.25) is 5.60 Å². The number of carbonyl (C=O) groups is 2. The number of nitrogens with zero attached hydrogens (tertiary/aromatic N) is 1. The summed E-state index contributed by atoms with van der Waals surface area (Å²) in [4.78, 5) is 22.9. The summed E-state index contributed by atoms with van der Waals surface area (Å²) in [6, 6.07) is 1.98. The Morgan fingerprint density at radius 1 is 1.65 bits per heavy atom. The normalized spacial score (nSPS) is 34.7. The molecule has 0 aromatic carbocycles. The van der Waals surface area contributed by atoms with E-state index in [1.54, 1.807) is 0 Å². The van der Waals surface area contributed by atoms with Gasteiger partial charge in [0.1, 0.15) is 6.07 Å². The summed E-state index contributed by atoms with van der Waals surface area (Å²) in [6.07, 6.45) is 0.704. The van der Waals surface area contributed by atoms with Crippen LogP contribution in [0.2, 0.25) is 0 Å². The van der Waals surface area contributed by atoms with Crippen LogP contribution in [-0.2, 0) is 19.1 Å². The summed E-state index contributed by atoms with van der Waals surface area (Å²) in [5, 5.41) is 9.17. The highest BCUT2D eigenvalue weighted by molar-refractivity contribution is 5.87. The standard InChI is InChI=1S/C12H13NO4/c1-7(2)10(14)16-9-4-3-8-5-12(9,6-13)17-11(8)15/h8-9H,1,3-5H2,2H3. The molecule has 5 nitrogen and oxygen atoms in total. The molecule has 3 unspecified atom stereocenters. The van der Waals surface area contributed by atoms with Crippen LogP contribution in [0.15, 0.2) is 12.2 Å². The number of fused-ring (bicyclic) bond motifs is 2. The highest BCUT2D eigenvalue weighted by atomic mass is 16.6. The minimum absolute atomic E-state index is 0.227. The van der Waals surface area contributed by atoms with E-state index in [9.17, 15) is 9.59 Å². The third kappa shape index (κ3) is 1.80. The highest BCUT2D eigenvalue weighted by Gasteiger charge is 2.57. The SMILES string of the molecule is C=C(C)C(=O)OC1CCC2CC1(C#N)OC2=O. The first-order valence-electron chi connectivity index (χ1n) is 5.49. The largest absolute Gasteiger partial charge is 0.454 e. The maximum absolute atomic E-state index is 11.5. The Morgan fingerprint density at radius 2 is 2.35 bits per heavy atom. The van der Waals surface area contributed by atoms with Crippen molar-refractivity contribution in [1.82, 2.24) is 0 Å².